The van der Waals surface area contributed by atoms with E-state index in [1.54, 1.807) is 0 Å². The summed E-state index contributed by atoms with van der Waals surface area (Å²) in [5, 5.41) is 5.45. The summed E-state index contributed by atoms with van der Waals surface area (Å²) in [6.07, 6.45) is 8.09. The number of rotatable bonds is 6. The van der Waals surface area contributed by atoms with Crippen LogP contribution < -0.4 is 5.73 Å². The van der Waals surface area contributed by atoms with E-state index >= 15 is 0 Å². The zero-order valence-electron chi connectivity index (χ0n) is 13.1. The largest absolute Gasteiger partial charge is 0.327 e. The van der Waals surface area contributed by atoms with Crippen molar-refractivity contribution >= 4 is 11.6 Å². The Labute approximate surface area is 127 Å². The third-order valence-corrected chi connectivity index (χ3v) is 5.63. The fourth-order valence-electron chi connectivity index (χ4n) is 3.70. The van der Waals surface area contributed by atoms with Crippen molar-refractivity contribution < 1.29 is 0 Å². The van der Waals surface area contributed by atoms with Crippen molar-refractivity contribution in [3.05, 3.63) is 16.4 Å². The van der Waals surface area contributed by atoms with Gasteiger partial charge in [0, 0.05) is 19.0 Å². The van der Waals surface area contributed by atoms with Gasteiger partial charge in [0.1, 0.15) is 0 Å². The molecule has 0 aliphatic heterocycles. The van der Waals surface area contributed by atoms with Crippen molar-refractivity contribution in [2.45, 2.75) is 78.3 Å². The molecule has 4 heteroatoms. The van der Waals surface area contributed by atoms with Crippen LogP contribution in [-0.2, 0) is 19.4 Å². The zero-order valence-corrected chi connectivity index (χ0v) is 13.8. The third-order valence-electron chi connectivity index (χ3n) is 5.20. The van der Waals surface area contributed by atoms with Gasteiger partial charge < -0.3 is 5.73 Å². The minimum atomic E-state index is 0.194. The summed E-state index contributed by atoms with van der Waals surface area (Å²) < 4.78 is 2.04. The standard InChI is InChI=1S/C16H28ClN3/c1-4-12-15(17)13(20(6-3)19-12)11-14(18)16(5-2)9-7-8-10-16/h14H,4-11,18H2,1-3H3. The topological polar surface area (TPSA) is 43.8 Å². The SMILES string of the molecule is CCc1nn(CC)c(CC(N)C2(CC)CCCC2)c1Cl. The van der Waals surface area contributed by atoms with Crippen LogP contribution in [0.15, 0.2) is 0 Å². The molecule has 1 atom stereocenters. The van der Waals surface area contributed by atoms with E-state index in [0.717, 1.165) is 35.8 Å². The summed E-state index contributed by atoms with van der Waals surface area (Å²) in [6.45, 7) is 7.35. The first-order valence-electron chi connectivity index (χ1n) is 8.07. The molecule has 2 rings (SSSR count). The number of hydrogen-bond donors (Lipinski definition) is 1. The van der Waals surface area contributed by atoms with Crippen LogP contribution in [0.25, 0.3) is 0 Å². The van der Waals surface area contributed by atoms with Crippen molar-refractivity contribution in [1.29, 1.82) is 0 Å². The van der Waals surface area contributed by atoms with Gasteiger partial charge in [-0.15, -0.1) is 0 Å². The van der Waals surface area contributed by atoms with Crippen LogP contribution in [-0.4, -0.2) is 15.8 Å². The Morgan fingerprint density at radius 1 is 1.30 bits per heavy atom. The first-order valence-corrected chi connectivity index (χ1v) is 8.45. The fourth-order valence-corrected chi connectivity index (χ4v) is 4.05. The Hall–Kier alpha value is -0.540. The number of nitrogens with zero attached hydrogens (tertiary/aromatic N) is 2. The quantitative estimate of drug-likeness (QED) is 0.864. The molecular weight excluding hydrogens is 270 g/mol. The highest BCUT2D eigenvalue weighted by molar-refractivity contribution is 6.31. The Morgan fingerprint density at radius 3 is 2.45 bits per heavy atom. The van der Waals surface area contributed by atoms with E-state index in [9.17, 15) is 0 Å². The Morgan fingerprint density at radius 2 is 1.95 bits per heavy atom. The molecule has 0 radical (unpaired) electrons. The summed E-state index contributed by atoms with van der Waals surface area (Å²) in [5.74, 6) is 0. The second kappa shape index (κ2) is 6.48. The molecule has 0 saturated heterocycles. The molecule has 1 fully saturated rings. The van der Waals surface area contributed by atoms with Gasteiger partial charge in [-0.25, -0.2) is 0 Å². The molecular formula is C16H28ClN3. The lowest BCUT2D eigenvalue weighted by Gasteiger charge is -2.34. The Kier molecular flexibility index (Phi) is 5.14. The van der Waals surface area contributed by atoms with Gasteiger partial charge in [-0.1, -0.05) is 38.3 Å². The van der Waals surface area contributed by atoms with Crippen LogP contribution in [0.3, 0.4) is 0 Å². The smallest absolute Gasteiger partial charge is 0.0850 e. The van der Waals surface area contributed by atoms with E-state index in [1.807, 2.05) is 4.68 Å². The molecule has 1 aromatic heterocycles. The lowest BCUT2D eigenvalue weighted by atomic mass is 9.75. The molecule has 1 aliphatic rings. The van der Waals surface area contributed by atoms with E-state index in [-0.39, 0.29) is 6.04 Å². The molecule has 20 heavy (non-hydrogen) atoms. The summed E-state index contributed by atoms with van der Waals surface area (Å²) in [7, 11) is 0. The van der Waals surface area contributed by atoms with Gasteiger partial charge in [0.2, 0.25) is 0 Å². The highest BCUT2D eigenvalue weighted by Gasteiger charge is 2.38. The Balaban J connectivity index is 2.22. The van der Waals surface area contributed by atoms with Crippen molar-refractivity contribution in [2.24, 2.45) is 11.1 Å². The van der Waals surface area contributed by atoms with E-state index in [1.165, 1.54) is 32.1 Å². The number of aromatic nitrogens is 2. The van der Waals surface area contributed by atoms with Crippen LogP contribution in [0.5, 0.6) is 0 Å². The molecule has 0 amide bonds. The number of hydrogen-bond acceptors (Lipinski definition) is 2. The summed E-state index contributed by atoms with van der Waals surface area (Å²) in [4.78, 5) is 0. The highest BCUT2D eigenvalue weighted by atomic mass is 35.5. The first kappa shape index (κ1) is 15.8. The second-order valence-electron chi connectivity index (χ2n) is 6.11. The number of nitrogens with two attached hydrogens (primary N) is 1. The molecule has 0 spiro atoms. The zero-order chi connectivity index (χ0) is 14.8. The van der Waals surface area contributed by atoms with Crippen molar-refractivity contribution in [3.63, 3.8) is 0 Å². The third kappa shape index (κ3) is 2.75. The second-order valence-corrected chi connectivity index (χ2v) is 6.49. The molecule has 1 saturated carbocycles. The number of halogens is 1. The van der Waals surface area contributed by atoms with E-state index < -0.39 is 0 Å². The highest BCUT2D eigenvalue weighted by Crippen LogP contribution is 2.44. The molecule has 1 heterocycles. The molecule has 3 nitrogen and oxygen atoms in total. The first-order chi connectivity index (χ1) is 9.57. The molecule has 1 aromatic rings. The number of aryl methyl sites for hydroxylation is 2. The maximum absolute atomic E-state index is 6.60. The fraction of sp³-hybridized carbons (Fsp3) is 0.812. The summed E-state index contributed by atoms with van der Waals surface area (Å²) in [5.41, 5.74) is 9.06. The van der Waals surface area contributed by atoms with Crippen molar-refractivity contribution in [1.82, 2.24) is 9.78 Å². The minimum Gasteiger partial charge on any atom is -0.327 e. The van der Waals surface area contributed by atoms with Gasteiger partial charge >= 0.3 is 0 Å². The molecule has 0 bridgehead atoms. The van der Waals surface area contributed by atoms with Crippen LogP contribution in [0, 0.1) is 5.41 Å². The van der Waals surface area contributed by atoms with Gasteiger partial charge in [0.05, 0.1) is 16.4 Å². The average molecular weight is 298 g/mol. The molecule has 1 aliphatic carbocycles. The van der Waals surface area contributed by atoms with Crippen LogP contribution in [0.2, 0.25) is 5.02 Å². The van der Waals surface area contributed by atoms with E-state index in [0.29, 0.717) is 5.41 Å². The van der Waals surface area contributed by atoms with Crippen molar-refractivity contribution in [3.8, 4) is 0 Å². The van der Waals surface area contributed by atoms with Crippen LogP contribution >= 0.6 is 11.6 Å². The average Bonchev–Trinajstić information content (AvgIpc) is 3.06. The predicted molar refractivity (Wildman–Crippen MR) is 85.2 cm³/mol. The van der Waals surface area contributed by atoms with Crippen LogP contribution in [0.1, 0.15) is 64.3 Å². The minimum absolute atomic E-state index is 0.194. The Bertz CT molecular complexity index is 447. The van der Waals surface area contributed by atoms with E-state index in [2.05, 4.69) is 25.9 Å². The van der Waals surface area contributed by atoms with Gasteiger partial charge in [0.15, 0.2) is 0 Å². The van der Waals surface area contributed by atoms with Gasteiger partial charge in [-0.3, -0.25) is 4.68 Å². The normalized spacial score (nSPS) is 19.4. The van der Waals surface area contributed by atoms with Crippen molar-refractivity contribution in [2.75, 3.05) is 0 Å². The summed E-state index contributed by atoms with van der Waals surface area (Å²) >= 11 is 6.51. The maximum Gasteiger partial charge on any atom is 0.0850 e. The lowest BCUT2D eigenvalue weighted by Crippen LogP contribution is -2.41. The van der Waals surface area contributed by atoms with E-state index in [4.69, 9.17) is 17.3 Å². The summed E-state index contributed by atoms with van der Waals surface area (Å²) in [6, 6.07) is 0.194. The van der Waals surface area contributed by atoms with Gasteiger partial charge in [-0.05, 0) is 38.0 Å². The maximum atomic E-state index is 6.60. The molecule has 0 aromatic carbocycles. The van der Waals surface area contributed by atoms with Gasteiger partial charge in [-0.2, -0.15) is 5.10 Å². The molecule has 2 N–H and O–H groups in total. The predicted octanol–water partition coefficient (Wildman–Crippen LogP) is 3.96. The molecule has 1 unspecified atom stereocenters. The van der Waals surface area contributed by atoms with Crippen LogP contribution in [0.4, 0.5) is 0 Å². The monoisotopic (exact) mass is 297 g/mol. The molecule has 114 valence electrons. The lowest BCUT2D eigenvalue weighted by molar-refractivity contribution is 0.216. The van der Waals surface area contributed by atoms with Gasteiger partial charge in [0.25, 0.3) is 0 Å².